The first kappa shape index (κ1) is 22.2. The highest BCUT2D eigenvalue weighted by Gasteiger charge is 2.33. The van der Waals surface area contributed by atoms with Gasteiger partial charge in [0.2, 0.25) is 10.0 Å². The minimum atomic E-state index is -3.83. The van der Waals surface area contributed by atoms with E-state index in [0.29, 0.717) is 22.1 Å². The Hall–Kier alpha value is -2.49. The molecule has 0 aliphatic carbocycles. The van der Waals surface area contributed by atoms with Crippen molar-refractivity contribution in [2.75, 3.05) is 47.5 Å². The Labute approximate surface area is 180 Å². The smallest absolute Gasteiger partial charge is 0.257 e. The molecule has 2 aromatic rings. The number of piperazine rings is 1. The molecule has 0 bridgehead atoms. The molecule has 0 spiro atoms. The average molecular weight is 455 g/mol. The molecule has 3 rings (SSSR count). The third-order valence-corrected chi connectivity index (χ3v) is 7.06. The summed E-state index contributed by atoms with van der Waals surface area (Å²) in [6, 6.07) is 9.44. The van der Waals surface area contributed by atoms with Gasteiger partial charge in [0, 0.05) is 37.3 Å². The van der Waals surface area contributed by atoms with Crippen LogP contribution in [0.1, 0.15) is 10.4 Å². The highest BCUT2D eigenvalue weighted by Crippen LogP contribution is 2.31. The van der Waals surface area contributed by atoms with E-state index >= 15 is 0 Å². The van der Waals surface area contributed by atoms with E-state index in [1.807, 2.05) is 0 Å². The summed E-state index contributed by atoms with van der Waals surface area (Å²) in [5.74, 6) is 0.806. The van der Waals surface area contributed by atoms with Gasteiger partial charge in [0.1, 0.15) is 22.1 Å². The molecule has 1 aliphatic rings. The van der Waals surface area contributed by atoms with Crippen LogP contribution >= 0.6 is 11.6 Å². The lowest BCUT2D eigenvalue weighted by molar-refractivity contribution is 0.0694. The molecule has 8 nitrogen and oxygen atoms in total. The number of nitrogens with zero attached hydrogens (tertiary/aromatic N) is 2. The molecule has 0 N–H and O–H groups in total. The molecule has 1 fully saturated rings. The fraction of sp³-hybridized carbons (Fsp3) is 0.350. The first-order valence-corrected chi connectivity index (χ1v) is 11.0. The second kappa shape index (κ2) is 9.11. The van der Waals surface area contributed by atoms with E-state index in [-0.39, 0.29) is 42.7 Å². The third-order valence-electron chi connectivity index (χ3n) is 4.91. The maximum absolute atomic E-state index is 13.2. The van der Waals surface area contributed by atoms with Crippen LogP contribution in [0.4, 0.5) is 0 Å². The fourth-order valence-corrected chi connectivity index (χ4v) is 5.04. The Bertz CT molecular complexity index is 1040. The van der Waals surface area contributed by atoms with Gasteiger partial charge >= 0.3 is 0 Å². The highest BCUT2D eigenvalue weighted by molar-refractivity contribution is 7.89. The molecule has 0 radical (unpaired) electrons. The molecule has 0 aromatic heterocycles. The number of sulfonamides is 1. The van der Waals surface area contributed by atoms with Crippen LogP contribution in [0.25, 0.3) is 0 Å². The molecular weight excluding hydrogens is 432 g/mol. The number of benzene rings is 2. The molecule has 162 valence electrons. The van der Waals surface area contributed by atoms with Crippen molar-refractivity contribution in [3.63, 3.8) is 0 Å². The zero-order valence-electron chi connectivity index (χ0n) is 16.9. The number of carbonyl (C=O) groups excluding carboxylic acids is 1. The lowest BCUT2D eigenvalue weighted by Gasteiger charge is -2.34. The standard InChI is InChI=1S/C20H23ClN2O6S/c1-27-15-5-7-18(29-3)19(13-15)30(25,26)23-10-8-22(9-11-23)20(24)16-12-14(21)4-6-17(16)28-2/h4-7,12-13H,8-11H2,1-3H3. The summed E-state index contributed by atoms with van der Waals surface area (Å²) in [5, 5.41) is 0.422. The van der Waals surface area contributed by atoms with Gasteiger partial charge in [0.15, 0.2) is 0 Å². The monoisotopic (exact) mass is 454 g/mol. The number of halogens is 1. The van der Waals surface area contributed by atoms with E-state index in [1.165, 1.54) is 31.7 Å². The molecule has 1 saturated heterocycles. The summed E-state index contributed by atoms with van der Waals surface area (Å²) < 4.78 is 43.3. The number of rotatable bonds is 6. The first-order valence-electron chi connectivity index (χ1n) is 9.16. The van der Waals surface area contributed by atoms with Crippen LogP contribution in [-0.2, 0) is 10.0 Å². The van der Waals surface area contributed by atoms with Crippen LogP contribution in [0.15, 0.2) is 41.3 Å². The normalized spacial score (nSPS) is 15.0. The van der Waals surface area contributed by atoms with Crippen LogP contribution in [0.5, 0.6) is 17.2 Å². The maximum atomic E-state index is 13.2. The Kier molecular flexibility index (Phi) is 6.74. The SMILES string of the molecule is COc1ccc(OC)c(S(=O)(=O)N2CCN(C(=O)c3cc(Cl)ccc3OC)CC2)c1. The van der Waals surface area contributed by atoms with Crippen molar-refractivity contribution in [2.45, 2.75) is 4.90 Å². The van der Waals surface area contributed by atoms with Crippen molar-refractivity contribution < 1.29 is 27.4 Å². The van der Waals surface area contributed by atoms with Gasteiger partial charge < -0.3 is 19.1 Å². The maximum Gasteiger partial charge on any atom is 0.257 e. The van der Waals surface area contributed by atoms with E-state index < -0.39 is 10.0 Å². The van der Waals surface area contributed by atoms with Gasteiger partial charge in [-0.05, 0) is 30.3 Å². The van der Waals surface area contributed by atoms with Crippen molar-refractivity contribution in [2.24, 2.45) is 0 Å². The Balaban J connectivity index is 1.79. The first-order chi connectivity index (χ1) is 14.3. The van der Waals surface area contributed by atoms with Crippen molar-refractivity contribution in [1.82, 2.24) is 9.21 Å². The molecule has 30 heavy (non-hydrogen) atoms. The fourth-order valence-electron chi connectivity index (χ4n) is 3.27. The average Bonchev–Trinajstić information content (AvgIpc) is 2.78. The van der Waals surface area contributed by atoms with Crippen molar-refractivity contribution >= 4 is 27.5 Å². The Morgan fingerprint density at radius 1 is 0.900 bits per heavy atom. The quantitative estimate of drug-likeness (QED) is 0.666. The lowest BCUT2D eigenvalue weighted by atomic mass is 10.1. The summed E-state index contributed by atoms with van der Waals surface area (Å²) in [5.41, 5.74) is 0.343. The minimum Gasteiger partial charge on any atom is -0.497 e. The molecule has 1 aliphatic heterocycles. The molecule has 1 heterocycles. The lowest BCUT2D eigenvalue weighted by Crippen LogP contribution is -2.50. The zero-order valence-corrected chi connectivity index (χ0v) is 18.5. The van der Waals surface area contributed by atoms with Gasteiger partial charge in [0.05, 0.1) is 26.9 Å². The Morgan fingerprint density at radius 2 is 1.53 bits per heavy atom. The summed E-state index contributed by atoms with van der Waals surface area (Å²) in [4.78, 5) is 14.5. The second-order valence-electron chi connectivity index (χ2n) is 6.56. The van der Waals surface area contributed by atoms with E-state index in [9.17, 15) is 13.2 Å². The van der Waals surface area contributed by atoms with Gasteiger partial charge in [-0.1, -0.05) is 11.6 Å². The molecule has 0 atom stereocenters. The van der Waals surface area contributed by atoms with Crippen LogP contribution in [-0.4, -0.2) is 71.0 Å². The summed E-state index contributed by atoms with van der Waals surface area (Å²) >= 11 is 6.02. The van der Waals surface area contributed by atoms with Crippen molar-refractivity contribution in [1.29, 1.82) is 0 Å². The summed E-state index contributed by atoms with van der Waals surface area (Å²) in [6.07, 6.45) is 0. The van der Waals surface area contributed by atoms with Crippen LogP contribution in [0.3, 0.4) is 0 Å². The number of carbonyl (C=O) groups is 1. The van der Waals surface area contributed by atoms with E-state index in [4.69, 9.17) is 25.8 Å². The van der Waals surface area contributed by atoms with Crippen LogP contribution in [0, 0.1) is 0 Å². The number of amides is 1. The molecule has 0 unspecified atom stereocenters. The number of methoxy groups -OCH3 is 3. The molecule has 0 saturated carbocycles. The summed E-state index contributed by atoms with van der Waals surface area (Å²) in [7, 11) is 0.530. The van der Waals surface area contributed by atoms with Gasteiger partial charge in [-0.25, -0.2) is 8.42 Å². The second-order valence-corrected chi connectivity index (χ2v) is 8.90. The van der Waals surface area contributed by atoms with Crippen molar-refractivity contribution in [3.05, 3.63) is 47.0 Å². The van der Waals surface area contributed by atoms with E-state index in [2.05, 4.69) is 0 Å². The van der Waals surface area contributed by atoms with Gasteiger partial charge in [0.25, 0.3) is 5.91 Å². The topological polar surface area (TPSA) is 85.4 Å². The molecule has 2 aromatic carbocycles. The van der Waals surface area contributed by atoms with Gasteiger partial charge in [-0.15, -0.1) is 0 Å². The van der Waals surface area contributed by atoms with Gasteiger partial charge in [-0.2, -0.15) is 4.31 Å². The number of ether oxygens (including phenoxy) is 3. The van der Waals surface area contributed by atoms with E-state index in [1.54, 1.807) is 35.2 Å². The largest absolute Gasteiger partial charge is 0.497 e. The number of hydrogen-bond donors (Lipinski definition) is 0. The highest BCUT2D eigenvalue weighted by atomic mass is 35.5. The predicted octanol–water partition coefficient (Wildman–Crippen LogP) is 2.51. The zero-order chi connectivity index (χ0) is 21.9. The van der Waals surface area contributed by atoms with E-state index in [0.717, 1.165) is 0 Å². The van der Waals surface area contributed by atoms with Crippen LogP contribution in [0.2, 0.25) is 5.02 Å². The Morgan fingerprint density at radius 3 is 2.13 bits per heavy atom. The predicted molar refractivity (Wildman–Crippen MR) is 112 cm³/mol. The summed E-state index contributed by atoms with van der Waals surface area (Å²) in [6.45, 7) is 0.772. The molecular formula is C20H23ClN2O6S. The third kappa shape index (κ3) is 4.33. The molecule has 10 heteroatoms. The van der Waals surface area contributed by atoms with Crippen LogP contribution < -0.4 is 14.2 Å². The number of hydrogen-bond acceptors (Lipinski definition) is 6. The minimum absolute atomic E-state index is 0.0284. The van der Waals surface area contributed by atoms with Gasteiger partial charge in [-0.3, -0.25) is 4.79 Å². The van der Waals surface area contributed by atoms with Crippen molar-refractivity contribution in [3.8, 4) is 17.2 Å². The molecule has 1 amide bonds.